The third-order valence-electron chi connectivity index (χ3n) is 5.53. The van der Waals surface area contributed by atoms with Crippen LogP contribution in [0.25, 0.3) is 0 Å². The van der Waals surface area contributed by atoms with Gasteiger partial charge in [0.25, 0.3) is 0 Å². The number of methoxy groups -OCH3 is 1. The van der Waals surface area contributed by atoms with E-state index in [-0.39, 0.29) is 18.5 Å². The Kier molecular flexibility index (Phi) is 7.05. The molecule has 2 heterocycles. The molecule has 0 radical (unpaired) electrons. The number of ether oxygens (including phenoxy) is 2. The summed E-state index contributed by atoms with van der Waals surface area (Å²) in [5.41, 5.74) is 3.77. The van der Waals surface area contributed by atoms with Crippen molar-refractivity contribution in [3.05, 3.63) is 88.1 Å². The molecule has 1 fully saturated rings. The Morgan fingerprint density at radius 2 is 1.97 bits per heavy atom. The van der Waals surface area contributed by atoms with Crippen molar-refractivity contribution in [1.82, 2.24) is 4.98 Å². The molecule has 2 aromatic carbocycles. The second-order valence-electron chi connectivity index (χ2n) is 7.73. The van der Waals surface area contributed by atoms with E-state index in [1.165, 1.54) is 0 Å². The van der Waals surface area contributed by atoms with E-state index in [9.17, 15) is 9.90 Å². The van der Waals surface area contributed by atoms with Crippen LogP contribution in [0, 0.1) is 0 Å². The number of aromatic nitrogens is 1. The molecule has 1 atom stereocenters. The highest BCUT2D eigenvalue weighted by atomic mass is 35.5. The zero-order valence-corrected chi connectivity index (χ0v) is 18.6. The number of carbonyl (C=O) groups excluding carboxylic acids is 1. The average Bonchev–Trinajstić information content (AvgIpc) is 3.29. The SMILES string of the molecule is COCc1ccc(C(=O)c2ccc(N3CCC(Oc4ncccc4Cl)C3)c(CO)c2)cc1. The molecular formula is C25H25ClN2O4. The van der Waals surface area contributed by atoms with Gasteiger partial charge in [0, 0.05) is 48.6 Å². The zero-order chi connectivity index (χ0) is 22.5. The van der Waals surface area contributed by atoms with Crippen molar-refractivity contribution in [2.24, 2.45) is 0 Å². The van der Waals surface area contributed by atoms with Crippen molar-refractivity contribution in [2.45, 2.75) is 25.7 Å². The molecule has 1 aliphatic heterocycles. The summed E-state index contributed by atoms with van der Waals surface area (Å²) < 4.78 is 11.1. The van der Waals surface area contributed by atoms with Gasteiger partial charge in [0.05, 0.1) is 19.8 Å². The Morgan fingerprint density at radius 1 is 1.19 bits per heavy atom. The summed E-state index contributed by atoms with van der Waals surface area (Å²) in [5.74, 6) is 0.350. The van der Waals surface area contributed by atoms with Crippen LogP contribution in [0.15, 0.2) is 60.8 Å². The molecule has 1 aromatic heterocycles. The fourth-order valence-corrected chi connectivity index (χ4v) is 4.07. The second-order valence-corrected chi connectivity index (χ2v) is 8.13. The third-order valence-corrected chi connectivity index (χ3v) is 5.82. The van der Waals surface area contributed by atoms with Crippen molar-refractivity contribution in [2.75, 3.05) is 25.1 Å². The number of hydrogen-bond donors (Lipinski definition) is 1. The van der Waals surface area contributed by atoms with Gasteiger partial charge in [-0.2, -0.15) is 0 Å². The molecular weight excluding hydrogens is 428 g/mol. The van der Waals surface area contributed by atoms with Crippen LogP contribution in [0.5, 0.6) is 5.88 Å². The van der Waals surface area contributed by atoms with Crippen molar-refractivity contribution in [3.63, 3.8) is 0 Å². The van der Waals surface area contributed by atoms with Crippen molar-refractivity contribution < 1.29 is 19.4 Å². The Bertz CT molecular complexity index is 1090. The minimum atomic E-state index is -0.155. The molecule has 166 valence electrons. The summed E-state index contributed by atoms with van der Waals surface area (Å²) in [6.07, 6.45) is 2.41. The van der Waals surface area contributed by atoms with Crippen LogP contribution in [0.1, 0.15) is 33.5 Å². The predicted molar refractivity (Wildman–Crippen MR) is 123 cm³/mol. The van der Waals surface area contributed by atoms with E-state index in [4.69, 9.17) is 21.1 Å². The molecule has 1 saturated heterocycles. The van der Waals surface area contributed by atoms with Crippen LogP contribution < -0.4 is 9.64 Å². The van der Waals surface area contributed by atoms with E-state index in [0.717, 1.165) is 24.2 Å². The van der Waals surface area contributed by atoms with Crippen molar-refractivity contribution in [3.8, 4) is 5.88 Å². The number of pyridine rings is 1. The Hall–Kier alpha value is -2.93. The highest BCUT2D eigenvalue weighted by Gasteiger charge is 2.27. The smallest absolute Gasteiger partial charge is 0.232 e. The normalized spacial score (nSPS) is 15.7. The van der Waals surface area contributed by atoms with Crippen LogP contribution in [0.2, 0.25) is 5.02 Å². The van der Waals surface area contributed by atoms with E-state index in [2.05, 4.69) is 9.88 Å². The molecule has 1 unspecified atom stereocenters. The van der Waals surface area contributed by atoms with Crippen LogP contribution >= 0.6 is 11.6 Å². The number of aliphatic hydroxyl groups is 1. The number of hydrogen-bond acceptors (Lipinski definition) is 6. The summed E-state index contributed by atoms with van der Waals surface area (Å²) in [6, 6.07) is 16.4. The number of rotatable bonds is 8. The first kappa shape index (κ1) is 22.3. The third kappa shape index (κ3) is 4.93. The van der Waals surface area contributed by atoms with Crippen LogP contribution in [0.4, 0.5) is 5.69 Å². The molecule has 0 aliphatic carbocycles. The van der Waals surface area contributed by atoms with Crippen LogP contribution in [-0.2, 0) is 18.0 Å². The molecule has 7 heteroatoms. The number of carbonyl (C=O) groups is 1. The molecule has 0 bridgehead atoms. The first-order chi connectivity index (χ1) is 15.6. The van der Waals surface area contributed by atoms with Gasteiger partial charge in [0.2, 0.25) is 5.88 Å². The van der Waals surface area contributed by atoms with Gasteiger partial charge in [-0.05, 0) is 35.9 Å². The quantitative estimate of drug-likeness (QED) is 0.515. The van der Waals surface area contributed by atoms with Crippen LogP contribution in [0.3, 0.4) is 0 Å². The van der Waals surface area contributed by atoms with Crippen molar-refractivity contribution in [1.29, 1.82) is 0 Å². The largest absolute Gasteiger partial charge is 0.471 e. The van der Waals surface area contributed by atoms with Crippen molar-refractivity contribution >= 4 is 23.1 Å². The topological polar surface area (TPSA) is 71.9 Å². The summed E-state index contributed by atoms with van der Waals surface area (Å²) in [7, 11) is 1.64. The molecule has 0 amide bonds. The molecule has 0 saturated carbocycles. The first-order valence-electron chi connectivity index (χ1n) is 10.5. The predicted octanol–water partition coefficient (Wildman–Crippen LogP) is 4.26. The highest BCUT2D eigenvalue weighted by Crippen LogP contribution is 2.29. The molecule has 1 aliphatic rings. The summed E-state index contributed by atoms with van der Waals surface area (Å²) in [4.78, 5) is 19.3. The maximum Gasteiger partial charge on any atom is 0.232 e. The minimum Gasteiger partial charge on any atom is -0.471 e. The molecule has 1 N–H and O–H groups in total. The lowest BCUT2D eigenvalue weighted by molar-refractivity contribution is 0.103. The number of halogens is 1. The summed E-state index contributed by atoms with van der Waals surface area (Å²) in [6.45, 7) is 1.77. The summed E-state index contributed by atoms with van der Waals surface area (Å²) in [5, 5.41) is 10.5. The van der Waals surface area contributed by atoms with E-state index < -0.39 is 0 Å². The van der Waals surface area contributed by atoms with Gasteiger partial charge in [0.1, 0.15) is 11.1 Å². The zero-order valence-electron chi connectivity index (χ0n) is 17.8. The van der Waals surface area contributed by atoms with Gasteiger partial charge in [-0.1, -0.05) is 35.9 Å². The Balaban J connectivity index is 1.47. The van der Waals surface area contributed by atoms with Gasteiger partial charge in [-0.15, -0.1) is 0 Å². The number of ketones is 1. The van der Waals surface area contributed by atoms with E-state index in [0.29, 0.717) is 40.7 Å². The van der Waals surface area contributed by atoms with E-state index in [1.54, 1.807) is 43.6 Å². The maximum absolute atomic E-state index is 12.9. The van der Waals surface area contributed by atoms with E-state index >= 15 is 0 Å². The molecule has 6 nitrogen and oxygen atoms in total. The number of aliphatic hydroxyl groups excluding tert-OH is 1. The lowest BCUT2D eigenvalue weighted by Crippen LogP contribution is -2.25. The van der Waals surface area contributed by atoms with Gasteiger partial charge < -0.3 is 19.5 Å². The molecule has 4 rings (SSSR count). The highest BCUT2D eigenvalue weighted by molar-refractivity contribution is 6.31. The standard InChI is InChI=1S/C25H25ClN2O4/c1-31-16-17-4-6-18(7-5-17)24(30)19-8-9-23(20(13-19)15-29)28-12-10-21(14-28)32-25-22(26)3-2-11-27-25/h2-9,11,13,21,29H,10,12,14-16H2,1H3. The lowest BCUT2D eigenvalue weighted by atomic mass is 9.99. The molecule has 0 spiro atoms. The minimum absolute atomic E-state index is 0.0548. The fraction of sp³-hybridized carbons (Fsp3) is 0.280. The van der Waals surface area contributed by atoms with Gasteiger partial charge in [-0.25, -0.2) is 4.98 Å². The first-order valence-corrected chi connectivity index (χ1v) is 10.9. The monoisotopic (exact) mass is 452 g/mol. The lowest BCUT2D eigenvalue weighted by Gasteiger charge is -2.22. The van der Waals surface area contributed by atoms with E-state index in [1.807, 2.05) is 24.3 Å². The fourth-order valence-electron chi connectivity index (χ4n) is 3.91. The molecule has 3 aromatic rings. The Morgan fingerprint density at radius 3 is 2.69 bits per heavy atom. The van der Waals surface area contributed by atoms with Gasteiger partial charge in [0.15, 0.2) is 5.78 Å². The molecule has 32 heavy (non-hydrogen) atoms. The number of nitrogens with zero attached hydrogens (tertiary/aromatic N) is 2. The summed E-state index contributed by atoms with van der Waals surface area (Å²) >= 11 is 6.15. The number of anilines is 1. The van der Waals surface area contributed by atoms with Gasteiger partial charge in [-0.3, -0.25) is 4.79 Å². The maximum atomic E-state index is 12.9. The van der Waals surface area contributed by atoms with Crippen LogP contribution in [-0.4, -0.2) is 42.2 Å². The second kappa shape index (κ2) is 10.1. The number of benzene rings is 2. The average molecular weight is 453 g/mol. The Labute approximate surface area is 192 Å². The van der Waals surface area contributed by atoms with Gasteiger partial charge >= 0.3 is 0 Å².